The van der Waals surface area contributed by atoms with Crippen LogP contribution in [0.15, 0.2) is 29.2 Å². The summed E-state index contributed by atoms with van der Waals surface area (Å²) in [6.45, 7) is 3.01. The predicted octanol–water partition coefficient (Wildman–Crippen LogP) is 1.06. The van der Waals surface area contributed by atoms with Gasteiger partial charge in [-0.15, -0.1) is 0 Å². The molecule has 16 heavy (non-hydrogen) atoms. The molecule has 0 aromatic heterocycles. The zero-order valence-corrected chi connectivity index (χ0v) is 9.96. The quantitative estimate of drug-likeness (QED) is 0.861. The molecule has 4 nitrogen and oxygen atoms in total. The number of hydrogen-bond acceptors (Lipinski definition) is 3. The van der Waals surface area contributed by atoms with Crippen molar-refractivity contribution in [3.05, 3.63) is 29.8 Å². The zero-order chi connectivity index (χ0) is 11.6. The maximum absolute atomic E-state index is 11.9. The largest absolute Gasteiger partial charge is 0.380 e. The van der Waals surface area contributed by atoms with Crippen LogP contribution < -0.4 is 4.72 Å². The lowest BCUT2D eigenvalue weighted by atomic mass is 10.2. The van der Waals surface area contributed by atoms with E-state index in [-0.39, 0.29) is 6.04 Å². The van der Waals surface area contributed by atoms with Crippen LogP contribution in [0.25, 0.3) is 0 Å². The van der Waals surface area contributed by atoms with Gasteiger partial charge in [0.2, 0.25) is 10.0 Å². The fourth-order valence-electron chi connectivity index (χ4n) is 1.63. The first-order valence-corrected chi connectivity index (χ1v) is 6.73. The van der Waals surface area contributed by atoms with E-state index in [1.54, 1.807) is 24.3 Å². The Labute approximate surface area is 95.7 Å². The van der Waals surface area contributed by atoms with Gasteiger partial charge in [0, 0.05) is 12.6 Å². The summed E-state index contributed by atoms with van der Waals surface area (Å²) < 4.78 is 31.6. The summed E-state index contributed by atoms with van der Waals surface area (Å²) in [6.07, 6.45) is 0.741. The van der Waals surface area contributed by atoms with Crippen LogP contribution in [0.4, 0.5) is 0 Å². The first-order valence-electron chi connectivity index (χ1n) is 5.25. The SMILES string of the molecule is Cc1ccc(S(=O)(=O)N[C@H]2CCOC2)cc1. The third kappa shape index (κ3) is 2.61. The molecule has 1 aliphatic heterocycles. The summed E-state index contributed by atoms with van der Waals surface area (Å²) >= 11 is 0. The van der Waals surface area contributed by atoms with E-state index in [2.05, 4.69) is 4.72 Å². The Morgan fingerprint density at radius 2 is 2.00 bits per heavy atom. The molecule has 1 N–H and O–H groups in total. The molecule has 1 aromatic carbocycles. The van der Waals surface area contributed by atoms with E-state index in [9.17, 15) is 8.42 Å². The molecule has 1 atom stereocenters. The molecule has 1 aliphatic rings. The maximum Gasteiger partial charge on any atom is 0.240 e. The summed E-state index contributed by atoms with van der Waals surface area (Å²) in [6, 6.07) is 6.73. The molecule has 1 heterocycles. The van der Waals surface area contributed by atoms with E-state index in [0.717, 1.165) is 12.0 Å². The molecule has 0 radical (unpaired) electrons. The minimum absolute atomic E-state index is 0.0914. The molecule has 0 unspecified atom stereocenters. The number of nitrogens with one attached hydrogen (secondary N) is 1. The van der Waals surface area contributed by atoms with Gasteiger partial charge in [0.15, 0.2) is 0 Å². The second kappa shape index (κ2) is 4.53. The minimum atomic E-state index is -3.39. The molecule has 88 valence electrons. The first-order chi connectivity index (χ1) is 7.58. The standard InChI is InChI=1S/C11H15NO3S/c1-9-2-4-11(5-3-9)16(13,14)12-10-6-7-15-8-10/h2-5,10,12H,6-8H2,1H3/t10-/m0/s1. The van der Waals surface area contributed by atoms with Crippen LogP contribution >= 0.6 is 0 Å². The number of ether oxygens (including phenoxy) is 1. The van der Waals surface area contributed by atoms with Crippen LogP contribution in [0.3, 0.4) is 0 Å². The topological polar surface area (TPSA) is 55.4 Å². The summed E-state index contributed by atoms with van der Waals surface area (Å²) in [7, 11) is -3.39. The van der Waals surface area contributed by atoms with E-state index in [1.807, 2.05) is 6.92 Å². The van der Waals surface area contributed by atoms with Crippen LogP contribution in [-0.2, 0) is 14.8 Å². The van der Waals surface area contributed by atoms with Crippen molar-refractivity contribution < 1.29 is 13.2 Å². The Bertz CT molecular complexity index is 447. The average molecular weight is 241 g/mol. The molecule has 0 spiro atoms. The van der Waals surface area contributed by atoms with Crippen molar-refractivity contribution in [1.29, 1.82) is 0 Å². The minimum Gasteiger partial charge on any atom is -0.380 e. The second-order valence-electron chi connectivity index (χ2n) is 3.99. The molecule has 2 rings (SSSR count). The summed E-state index contributed by atoms with van der Waals surface area (Å²) in [4.78, 5) is 0.310. The Morgan fingerprint density at radius 1 is 1.31 bits per heavy atom. The summed E-state index contributed by atoms with van der Waals surface area (Å²) in [5.41, 5.74) is 1.04. The van der Waals surface area contributed by atoms with Gasteiger partial charge < -0.3 is 4.74 Å². The van der Waals surface area contributed by atoms with Crippen molar-refractivity contribution in [2.45, 2.75) is 24.3 Å². The highest BCUT2D eigenvalue weighted by molar-refractivity contribution is 7.89. The molecule has 5 heteroatoms. The van der Waals surface area contributed by atoms with Crippen molar-refractivity contribution in [1.82, 2.24) is 4.72 Å². The van der Waals surface area contributed by atoms with E-state index in [0.29, 0.717) is 18.1 Å². The molecule has 1 fully saturated rings. The van der Waals surface area contributed by atoms with E-state index < -0.39 is 10.0 Å². The lowest BCUT2D eigenvalue weighted by Gasteiger charge is -2.11. The lowest BCUT2D eigenvalue weighted by molar-refractivity contribution is 0.192. The molecular formula is C11H15NO3S. The number of aryl methyl sites for hydroxylation is 1. The summed E-state index contributed by atoms with van der Waals surface area (Å²) in [5, 5.41) is 0. The van der Waals surface area contributed by atoms with Gasteiger partial charge in [-0.1, -0.05) is 17.7 Å². The number of sulfonamides is 1. The fraction of sp³-hybridized carbons (Fsp3) is 0.455. The highest BCUT2D eigenvalue weighted by atomic mass is 32.2. The van der Waals surface area contributed by atoms with Crippen molar-refractivity contribution in [2.75, 3.05) is 13.2 Å². The third-order valence-corrected chi connectivity index (χ3v) is 4.12. The molecule has 0 amide bonds. The zero-order valence-electron chi connectivity index (χ0n) is 9.14. The second-order valence-corrected chi connectivity index (χ2v) is 5.71. The molecule has 1 saturated heterocycles. The monoisotopic (exact) mass is 241 g/mol. The molecule has 0 saturated carbocycles. The number of benzene rings is 1. The average Bonchev–Trinajstić information content (AvgIpc) is 2.70. The van der Waals surface area contributed by atoms with Crippen LogP contribution in [0.2, 0.25) is 0 Å². The van der Waals surface area contributed by atoms with Crippen LogP contribution in [-0.4, -0.2) is 27.7 Å². The van der Waals surface area contributed by atoms with Crippen LogP contribution in [0, 0.1) is 6.92 Å². The van der Waals surface area contributed by atoms with Crippen LogP contribution in [0.5, 0.6) is 0 Å². The predicted molar refractivity (Wildman–Crippen MR) is 60.7 cm³/mol. The normalized spacial score (nSPS) is 21.2. The highest BCUT2D eigenvalue weighted by Gasteiger charge is 2.23. The van der Waals surface area contributed by atoms with Crippen molar-refractivity contribution in [3.8, 4) is 0 Å². The molecule has 0 aliphatic carbocycles. The highest BCUT2D eigenvalue weighted by Crippen LogP contribution is 2.13. The van der Waals surface area contributed by atoms with Gasteiger partial charge in [-0.2, -0.15) is 0 Å². The Morgan fingerprint density at radius 3 is 2.56 bits per heavy atom. The number of hydrogen-bond donors (Lipinski definition) is 1. The third-order valence-electron chi connectivity index (χ3n) is 2.58. The Hall–Kier alpha value is -0.910. The van der Waals surface area contributed by atoms with Gasteiger partial charge in [0.1, 0.15) is 0 Å². The molecular weight excluding hydrogens is 226 g/mol. The van der Waals surface area contributed by atoms with Gasteiger partial charge in [-0.25, -0.2) is 13.1 Å². The smallest absolute Gasteiger partial charge is 0.240 e. The van der Waals surface area contributed by atoms with Gasteiger partial charge >= 0.3 is 0 Å². The van der Waals surface area contributed by atoms with Gasteiger partial charge in [-0.05, 0) is 25.5 Å². The maximum atomic E-state index is 11.9. The summed E-state index contributed by atoms with van der Waals surface area (Å²) in [5.74, 6) is 0. The van der Waals surface area contributed by atoms with Gasteiger partial charge in [0.05, 0.1) is 11.5 Å². The molecule has 0 bridgehead atoms. The molecule has 1 aromatic rings. The Kier molecular flexibility index (Phi) is 3.28. The lowest BCUT2D eigenvalue weighted by Crippen LogP contribution is -2.34. The van der Waals surface area contributed by atoms with Crippen molar-refractivity contribution in [3.63, 3.8) is 0 Å². The van der Waals surface area contributed by atoms with E-state index in [4.69, 9.17) is 4.74 Å². The van der Waals surface area contributed by atoms with Gasteiger partial charge in [0.25, 0.3) is 0 Å². The number of rotatable bonds is 3. The van der Waals surface area contributed by atoms with E-state index in [1.165, 1.54) is 0 Å². The van der Waals surface area contributed by atoms with E-state index >= 15 is 0 Å². The van der Waals surface area contributed by atoms with Gasteiger partial charge in [-0.3, -0.25) is 0 Å². The fourth-order valence-corrected chi connectivity index (χ4v) is 2.89. The van der Waals surface area contributed by atoms with Crippen molar-refractivity contribution >= 4 is 10.0 Å². The first kappa shape index (κ1) is 11.6. The van der Waals surface area contributed by atoms with Crippen molar-refractivity contribution in [2.24, 2.45) is 0 Å². The van der Waals surface area contributed by atoms with Crippen LogP contribution in [0.1, 0.15) is 12.0 Å². The Balaban J connectivity index is 2.14.